The molecule has 3 heterocycles. The van der Waals surface area contributed by atoms with E-state index in [1.807, 2.05) is 0 Å². The van der Waals surface area contributed by atoms with E-state index in [-0.39, 0.29) is 48.9 Å². The molecule has 2 aliphatic rings. The van der Waals surface area contributed by atoms with Gasteiger partial charge in [-0.05, 0) is 25.0 Å². The van der Waals surface area contributed by atoms with E-state index in [4.69, 9.17) is 24.0 Å². The standard InChI is InChI=1S/C24H25F2N2O12P/c1-13-11-37-19-10-27-9-16(18(29)5-3-14-2-4-15(25)8-17(14)26)21(30)22(20(27)23(31)28(13)19)38-12-39-24(32)36-6-7-40-41(33,34)35/h2,4,8-9,13,19H,3,5-7,10-12H2,1H3,(H2,33,34,35)/t13-,19+/m0/s1. The molecule has 1 saturated heterocycles. The topological polar surface area (TPSA) is 180 Å². The predicted molar refractivity (Wildman–Crippen MR) is 131 cm³/mol. The number of aryl methyl sites for hydroxylation is 1. The van der Waals surface area contributed by atoms with Crippen molar-refractivity contribution in [2.75, 3.05) is 26.6 Å². The van der Waals surface area contributed by atoms with Gasteiger partial charge in [0, 0.05) is 18.7 Å². The molecule has 0 radical (unpaired) electrons. The number of fused-ring (bicyclic) bond motifs is 2. The van der Waals surface area contributed by atoms with E-state index < -0.39 is 74.7 Å². The number of carbonyl (C=O) groups is 3. The number of phosphoric acid groups is 1. The van der Waals surface area contributed by atoms with Crippen LogP contribution in [0.5, 0.6) is 5.75 Å². The number of halogens is 2. The van der Waals surface area contributed by atoms with Crippen molar-refractivity contribution >= 4 is 25.7 Å². The molecule has 17 heteroatoms. The van der Waals surface area contributed by atoms with Crippen LogP contribution in [-0.2, 0) is 36.3 Å². The van der Waals surface area contributed by atoms with Crippen molar-refractivity contribution in [3.8, 4) is 5.75 Å². The Morgan fingerprint density at radius 1 is 1.17 bits per heavy atom. The summed E-state index contributed by atoms with van der Waals surface area (Å²) < 4.78 is 63.6. The minimum atomic E-state index is -4.76. The number of benzene rings is 1. The molecule has 0 bridgehead atoms. The Hall–Kier alpha value is -3.69. The van der Waals surface area contributed by atoms with Crippen LogP contribution in [-0.4, -0.2) is 76.0 Å². The number of carbonyl (C=O) groups excluding carboxylic acids is 3. The molecule has 2 aromatic rings. The average Bonchev–Trinajstić information content (AvgIpc) is 3.27. The highest BCUT2D eigenvalue weighted by Gasteiger charge is 2.43. The number of hydrogen-bond acceptors (Lipinski definition) is 10. The van der Waals surface area contributed by atoms with E-state index in [1.165, 1.54) is 21.7 Å². The first-order valence-electron chi connectivity index (χ1n) is 12.2. The molecule has 14 nitrogen and oxygen atoms in total. The summed E-state index contributed by atoms with van der Waals surface area (Å²) in [5.74, 6) is -3.54. The van der Waals surface area contributed by atoms with Gasteiger partial charge in [0.25, 0.3) is 5.91 Å². The van der Waals surface area contributed by atoms with E-state index >= 15 is 0 Å². The predicted octanol–water partition coefficient (Wildman–Crippen LogP) is 1.74. The fourth-order valence-electron chi connectivity index (χ4n) is 4.36. The Labute approximate surface area is 230 Å². The summed E-state index contributed by atoms with van der Waals surface area (Å²) in [7, 11) is -4.76. The van der Waals surface area contributed by atoms with Crippen LogP contribution >= 0.6 is 7.82 Å². The maximum atomic E-state index is 14.0. The number of hydrogen-bond donors (Lipinski definition) is 2. The van der Waals surface area contributed by atoms with Crippen LogP contribution < -0.4 is 10.2 Å². The Morgan fingerprint density at radius 2 is 1.93 bits per heavy atom. The van der Waals surface area contributed by atoms with Gasteiger partial charge in [-0.1, -0.05) is 6.07 Å². The lowest BCUT2D eigenvalue weighted by Gasteiger charge is -2.34. The average molecular weight is 602 g/mol. The van der Waals surface area contributed by atoms with Crippen molar-refractivity contribution < 1.29 is 61.0 Å². The number of Topliss-reactive ketones (excluding diaryl/α,β-unsaturated/α-hetero) is 1. The number of nitrogens with zero attached hydrogens (tertiary/aromatic N) is 2. The molecule has 0 unspecified atom stereocenters. The third-order valence-electron chi connectivity index (χ3n) is 6.22. The van der Waals surface area contributed by atoms with Crippen LogP contribution in [0.1, 0.15) is 39.8 Å². The Balaban J connectivity index is 1.53. The van der Waals surface area contributed by atoms with Crippen LogP contribution in [0.4, 0.5) is 13.6 Å². The zero-order chi connectivity index (χ0) is 29.9. The first-order chi connectivity index (χ1) is 19.4. The molecular formula is C24H25F2N2O12P. The number of phosphoric ester groups is 1. The summed E-state index contributed by atoms with van der Waals surface area (Å²) in [6, 6.07) is 2.58. The van der Waals surface area contributed by atoms with E-state index in [9.17, 15) is 32.5 Å². The Morgan fingerprint density at radius 3 is 2.63 bits per heavy atom. The third kappa shape index (κ3) is 7.15. The molecule has 1 amide bonds. The molecule has 0 aliphatic carbocycles. The Bertz CT molecular complexity index is 1460. The highest BCUT2D eigenvalue weighted by molar-refractivity contribution is 7.46. The van der Waals surface area contributed by atoms with Gasteiger partial charge in [-0.15, -0.1) is 0 Å². The minimum absolute atomic E-state index is 0.0530. The Kier molecular flexibility index (Phi) is 9.19. The van der Waals surface area contributed by atoms with Gasteiger partial charge in [-0.25, -0.2) is 18.1 Å². The number of rotatable bonds is 11. The lowest BCUT2D eigenvalue weighted by molar-refractivity contribution is -0.00552. The molecule has 2 aliphatic heterocycles. The summed E-state index contributed by atoms with van der Waals surface area (Å²) in [5.41, 5.74) is -1.51. The molecule has 0 spiro atoms. The van der Waals surface area contributed by atoms with Gasteiger partial charge in [0.1, 0.15) is 18.2 Å². The summed E-state index contributed by atoms with van der Waals surface area (Å²) >= 11 is 0. The number of pyridine rings is 1. The van der Waals surface area contributed by atoms with Crippen molar-refractivity contribution in [3.05, 3.63) is 63.1 Å². The second-order valence-corrected chi connectivity index (χ2v) is 10.3. The quantitative estimate of drug-likeness (QED) is 0.125. The van der Waals surface area contributed by atoms with E-state index in [0.717, 1.165) is 6.07 Å². The highest BCUT2D eigenvalue weighted by atomic mass is 31.2. The van der Waals surface area contributed by atoms with Gasteiger partial charge >= 0.3 is 14.0 Å². The fraction of sp³-hybridized carbons (Fsp3) is 0.417. The lowest BCUT2D eigenvalue weighted by atomic mass is 10.0. The van der Waals surface area contributed by atoms with Crippen molar-refractivity contribution in [2.45, 2.75) is 38.6 Å². The van der Waals surface area contributed by atoms with Crippen LogP contribution in [0.3, 0.4) is 0 Å². The summed E-state index contributed by atoms with van der Waals surface area (Å²) in [4.78, 5) is 70.2. The first kappa shape index (κ1) is 30.3. The van der Waals surface area contributed by atoms with Gasteiger partial charge in [0.2, 0.25) is 18.0 Å². The second-order valence-electron chi connectivity index (χ2n) is 9.04. The van der Waals surface area contributed by atoms with E-state index in [2.05, 4.69) is 9.26 Å². The maximum Gasteiger partial charge on any atom is 0.511 e. The summed E-state index contributed by atoms with van der Waals surface area (Å²) in [6.07, 6.45) is -1.29. The zero-order valence-electron chi connectivity index (χ0n) is 21.5. The largest absolute Gasteiger partial charge is 0.511 e. The van der Waals surface area contributed by atoms with E-state index in [1.54, 1.807) is 6.92 Å². The number of aromatic nitrogens is 1. The normalized spacial score (nSPS) is 18.1. The second kappa shape index (κ2) is 12.4. The highest BCUT2D eigenvalue weighted by Crippen LogP contribution is 2.35. The van der Waals surface area contributed by atoms with Crippen LogP contribution in [0.25, 0.3) is 0 Å². The van der Waals surface area contributed by atoms with Gasteiger partial charge in [-0.2, -0.15) is 0 Å². The summed E-state index contributed by atoms with van der Waals surface area (Å²) in [5, 5.41) is 0. The zero-order valence-corrected chi connectivity index (χ0v) is 22.4. The van der Waals surface area contributed by atoms with Gasteiger partial charge in [-0.3, -0.25) is 18.9 Å². The number of ketones is 1. The van der Waals surface area contributed by atoms with Crippen LogP contribution in [0, 0.1) is 11.6 Å². The molecule has 1 aromatic carbocycles. The number of ether oxygens (including phenoxy) is 4. The molecule has 41 heavy (non-hydrogen) atoms. The molecule has 2 N–H and O–H groups in total. The van der Waals surface area contributed by atoms with Crippen molar-refractivity contribution in [2.24, 2.45) is 0 Å². The van der Waals surface area contributed by atoms with Crippen molar-refractivity contribution in [1.29, 1.82) is 0 Å². The van der Waals surface area contributed by atoms with Gasteiger partial charge in [0.05, 0.1) is 31.4 Å². The fourth-order valence-corrected chi connectivity index (χ4v) is 4.67. The van der Waals surface area contributed by atoms with Crippen molar-refractivity contribution in [3.63, 3.8) is 0 Å². The minimum Gasteiger partial charge on any atom is -0.451 e. The SMILES string of the molecule is C[C@H]1CO[C@@H]2Cn3cc(C(=O)CCc4ccc(F)cc4F)c(=O)c(OCOC(=O)OCCOP(=O)(O)O)c3C(=O)N12. The first-order valence-corrected chi connectivity index (χ1v) is 13.7. The van der Waals surface area contributed by atoms with Crippen LogP contribution in [0.15, 0.2) is 29.2 Å². The third-order valence-corrected chi connectivity index (χ3v) is 6.74. The monoisotopic (exact) mass is 602 g/mol. The smallest absolute Gasteiger partial charge is 0.451 e. The lowest BCUT2D eigenvalue weighted by Crippen LogP contribution is -2.49. The van der Waals surface area contributed by atoms with E-state index in [0.29, 0.717) is 6.07 Å². The maximum absolute atomic E-state index is 14.0. The molecule has 0 saturated carbocycles. The molecule has 2 atom stereocenters. The molecule has 4 rings (SSSR count). The number of amides is 1. The van der Waals surface area contributed by atoms with Crippen molar-refractivity contribution in [1.82, 2.24) is 9.47 Å². The van der Waals surface area contributed by atoms with Crippen LogP contribution in [0.2, 0.25) is 0 Å². The molecule has 1 fully saturated rings. The molecular weight excluding hydrogens is 577 g/mol. The molecule has 1 aromatic heterocycles. The van der Waals surface area contributed by atoms with Gasteiger partial charge in [0.15, 0.2) is 17.7 Å². The molecule has 222 valence electrons. The van der Waals surface area contributed by atoms with Gasteiger partial charge < -0.3 is 38.2 Å². The summed E-state index contributed by atoms with van der Waals surface area (Å²) in [6.45, 7) is -0.103.